The van der Waals surface area contributed by atoms with Crippen LogP contribution in [-0.4, -0.2) is 0 Å². The minimum absolute atomic E-state index is 1.21. The molecule has 168 valence electrons. The van der Waals surface area contributed by atoms with Crippen LogP contribution in [0.25, 0.3) is 54.6 Å². The fraction of sp³-hybridized carbons (Fsp3) is 0. The lowest BCUT2D eigenvalue weighted by Gasteiger charge is -2.00. The van der Waals surface area contributed by atoms with E-state index in [1.807, 2.05) is 34.0 Å². The van der Waals surface area contributed by atoms with E-state index in [-0.39, 0.29) is 0 Å². The van der Waals surface area contributed by atoms with Gasteiger partial charge in [-0.2, -0.15) is 0 Å². The lowest BCUT2D eigenvalue weighted by molar-refractivity contribution is 1.66. The standard InChI is InChI=1S/C32H22S3/c1-3-8-23(9-4-1)13-14-25-16-19-27-28(22-25)32(35-31(27)29-12-7-21-33-29)30-20-18-26(34-30)17-15-24-10-5-2-6-11-24/h1-22H. The van der Waals surface area contributed by atoms with Gasteiger partial charge in [0.05, 0.1) is 9.75 Å². The second kappa shape index (κ2) is 10.0. The number of hydrogen-bond acceptors (Lipinski definition) is 3. The normalized spacial score (nSPS) is 11.8. The van der Waals surface area contributed by atoms with Crippen molar-refractivity contribution >= 4 is 69.1 Å². The fourth-order valence-corrected chi connectivity index (χ4v) is 7.27. The van der Waals surface area contributed by atoms with E-state index in [4.69, 9.17) is 0 Å². The van der Waals surface area contributed by atoms with Crippen molar-refractivity contribution in [2.75, 3.05) is 0 Å². The Labute approximate surface area is 217 Å². The highest BCUT2D eigenvalue weighted by molar-refractivity contribution is 7.27. The van der Waals surface area contributed by atoms with E-state index >= 15 is 0 Å². The predicted molar refractivity (Wildman–Crippen MR) is 159 cm³/mol. The molecule has 0 bridgehead atoms. The largest absolute Gasteiger partial charge is 0.143 e. The van der Waals surface area contributed by atoms with Crippen LogP contribution in [0, 0.1) is 0 Å². The Balaban J connectivity index is 1.40. The molecule has 0 aliphatic heterocycles. The Bertz CT molecular complexity index is 1610. The molecule has 0 aliphatic rings. The van der Waals surface area contributed by atoms with E-state index in [1.165, 1.54) is 51.8 Å². The van der Waals surface area contributed by atoms with Crippen molar-refractivity contribution in [3.05, 3.63) is 130 Å². The summed E-state index contributed by atoms with van der Waals surface area (Å²) in [5.41, 5.74) is 3.66. The SMILES string of the molecule is C(=Cc1ccc2c(-c3cccs3)sc(-c3ccc(C=Cc4ccccc4)s3)c2c1)c1ccccc1. The summed E-state index contributed by atoms with van der Waals surface area (Å²) in [6, 6.07) is 36.7. The van der Waals surface area contributed by atoms with Gasteiger partial charge < -0.3 is 0 Å². The monoisotopic (exact) mass is 502 g/mol. The van der Waals surface area contributed by atoms with E-state index in [0.29, 0.717) is 0 Å². The molecule has 6 rings (SSSR count). The molecule has 0 saturated carbocycles. The molecule has 0 N–H and O–H groups in total. The summed E-state index contributed by atoms with van der Waals surface area (Å²) in [5.74, 6) is 0. The van der Waals surface area contributed by atoms with E-state index in [1.54, 1.807) is 0 Å². The molecule has 0 atom stereocenters. The second-order valence-electron chi connectivity index (χ2n) is 8.23. The fourth-order valence-electron chi connectivity index (χ4n) is 4.10. The van der Waals surface area contributed by atoms with Gasteiger partial charge in [0.1, 0.15) is 0 Å². The van der Waals surface area contributed by atoms with E-state index in [2.05, 4.69) is 133 Å². The molecule has 6 aromatic rings. The zero-order valence-electron chi connectivity index (χ0n) is 18.9. The molecule has 3 aromatic carbocycles. The molecule has 0 nitrogen and oxygen atoms in total. The minimum atomic E-state index is 1.21. The quantitative estimate of drug-likeness (QED) is 0.199. The van der Waals surface area contributed by atoms with Gasteiger partial charge in [-0.3, -0.25) is 0 Å². The average Bonchev–Trinajstić information content (AvgIpc) is 3.67. The Morgan fingerprint density at radius 3 is 1.86 bits per heavy atom. The third kappa shape index (κ3) is 4.85. The van der Waals surface area contributed by atoms with Crippen LogP contribution in [-0.2, 0) is 0 Å². The molecule has 0 saturated heterocycles. The summed E-state index contributed by atoms with van der Waals surface area (Å²) in [6.45, 7) is 0. The maximum atomic E-state index is 2.34. The highest BCUT2D eigenvalue weighted by atomic mass is 32.1. The minimum Gasteiger partial charge on any atom is -0.143 e. The average molecular weight is 503 g/mol. The summed E-state index contributed by atoms with van der Waals surface area (Å²) in [5, 5.41) is 4.82. The first-order valence-electron chi connectivity index (χ1n) is 11.5. The van der Waals surface area contributed by atoms with Crippen molar-refractivity contribution in [1.29, 1.82) is 0 Å². The van der Waals surface area contributed by atoms with E-state index < -0.39 is 0 Å². The van der Waals surface area contributed by atoms with Gasteiger partial charge in [-0.25, -0.2) is 0 Å². The number of rotatable bonds is 6. The lowest BCUT2D eigenvalue weighted by Crippen LogP contribution is -1.75. The first-order valence-corrected chi connectivity index (χ1v) is 14.0. The molecule has 0 aliphatic carbocycles. The Kier molecular flexibility index (Phi) is 6.29. The highest BCUT2D eigenvalue weighted by Gasteiger charge is 2.16. The molecular formula is C32H22S3. The molecule has 0 unspecified atom stereocenters. The molecule has 0 fully saturated rings. The number of fused-ring (bicyclic) bond motifs is 1. The van der Waals surface area contributed by atoms with Gasteiger partial charge in [0.15, 0.2) is 0 Å². The van der Waals surface area contributed by atoms with Crippen LogP contribution >= 0.6 is 34.0 Å². The van der Waals surface area contributed by atoms with Crippen LogP contribution in [0.1, 0.15) is 21.6 Å². The van der Waals surface area contributed by atoms with Crippen LogP contribution in [0.2, 0.25) is 0 Å². The van der Waals surface area contributed by atoms with Gasteiger partial charge in [0.2, 0.25) is 0 Å². The molecule has 3 heteroatoms. The first kappa shape index (κ1) is 22.0. The summed E-state index contributed by atoms with van der Waals surface area (Å²) in [7, 11) is 0. The Hall–Kier alpha value is -3.50. The topological polar surface area (TPSA) is 0 Å². The predicted octanol–water partition coefficient (Wildman–Crippen LogP) is 10.7. The third-order valence-corrected chi connectivity index (χ3v) is 9.34. The molecule has 0 amide bonds. The van der Waals surface area contributed by atoms with Crippen molar-refractivity contribution in [2.24, 2.45) is 0 Å². The summed E-state index contributed by atoms with van der Waals surface area (Å²) in [4.78, 5) is 6.63. The summed E-state index contributed by atoms with van der Waals surface area (Å²) < 4.78 is 0. The van der Waals surface area contributed by atoms with Crippen molar-refractivity contribution in [3.63, 3.8) is 0 Å². The van der Waals surface area contributed by atoms with Crippen molar-refractivity contribution in [2.45, 2.75) is 0 Å². The van der Waals surface area contributed by atoms with Gasteiger partial charge in [-0.05, 0) is 52.4 Å². The zero-order valence-corrected chi connectivity index (χ0v) is 21.4. The van der Waals surface area contributed by atoms with Gasteiger partial charge >= 0.3 is 0 Å². The zero-order chi connectivity index (χ0) is 23.5. The maximum Gasteiger partial charge on any atom is 0.0528 e. The van der Waals surface area contributed by atoms with Gasteiger partial charge in [0, 0.05) is 25.4 Å². The van der Waals surface area contributed by atoms with Crippen LogP contribution in [0.4, 0.5) is 0 Å². The number of benzene rings is 3. The van der Waals surface area contributed by atoms with Crippen LogP contribution in [0.3, 0.4) is 0 Å². The van der Waals surface area contributed by atoms with Crippen molar-refractivity contribution in [1.82, 2.24) is 0 Å². The van der Waals surface area contributed by atoms with E-state index in [9.17, 15) is 0 Å². The van der Waals surface area contributed by atoms with Crippen LogP contribution in [0.5, 0.6) is 0 Å². The van der Waals surface area contributed by atoms with Crippen molar-refractivity contribution in [3.8, 4) is 19.5 Å². The Morgan fingerprint density at radius 2 is 1.14 bits per heavy atom. The summed E-state index contributed by atoms with van der Waals surface area (Å²) in [6.07, 6.45) is 8.80. The molecule has 35 heavy (non-hydrogen) atoms. The van der Waals surface area contributed by atoms with Gasteiger partial charge in [-0.15, -0.1) is 34.0 Å². The Morgan fingerprint density at radius 1 is 0.457 bits per heavy atom. The second-order valence-corrected chi connectivity index (χ2v) is 11.3. The number of hydrogen-bond donors (Lipinski definition) is 0. The third-order valence-electron chi connectivity index (χ3n) is 5.84. The van der Waals surface area contributed by atoms with Gasteiger partial charge in [-0.1, -0.05) is 97.1 Å². The summed E-state index contributed by atoms with van der Waals surface area (Å²) >= 11 is 5.57. The van der Waals surface area contributed by atoms with Gasteiger partial charge in [0.25, 0.3) is 0 Å². The maximum absolute atomic E-state index is 2.34. The molecule has 3 aromatic heterocycles. The first-order chi connectivity index (χ1) is 17.3. The molecular weight excluding hydrogens is 481 g/mol. The number of thiophene rings is 3. The highest BCUT2D eigenvalue weighted by Crippen LogP contribution is 2.47. The van der Waals surface area contributed by atoms with Crippen LogP contribution in [0.15, 0.2) is 109 Å². The van der Waals surface area contributed by atoms with Crippen molar-refractivity contribution < 1.29 is 0 Å². The molecule has 0 spiro atoms. The molecule has 3 heterocycles. The van der Waals surface area contributed by atoms with E-state index in [0.717, 1.165) is 0 Å². The smallest absolute Gasteiger partial charge is 0.0528 e. The van der Waals surface area contributed by atoms with Crippen LogP contribution < -0.4 is 0 Å². The molecule has 0 radical (unpaired) electrons. The lowest BCUT2D eigenvalue weighted by atomic mass is 10.1.